The van der Waals surface area contributed by atoms with Gasteiger partial charge in [-0.15, -0.1) is 0 Å². The second kappa shape index (κ2) is 16.5. The highest BCUT2D eigenvalue weighted by Crippen LogP contribution is 2.31. The summed E-state index contributed by atoms with van der Waals surface area (Å²) in [5.41, 5.74) is 0.764. The predicted octanol–water partition coefficient (Wildman–Crippen LogP) is 2.15. The first-order chi connectivity index (χ1) is 21.9. The summed E-state index contributed by atoms with van der Waals surface area (Å²) in [4.78, 5) is 94.9. The Morgan fingerprint density at radius 3 is 2.24 bits per heavy atom. The Morgan fingerprint density at radius 1 is 0.935 bits per heavy atom. The van der Waals surface area contributed by atoms with Gasteiger partial charge in [0, 0.05) is 25.2 Å². The first-order valence-electron chi connectivity index (χ1n) is 14.8. The van der Waals surface area contributed by atoms with Gasteiger partial charge in [-0.25, -0.2) is 0 Å². The number of esters is 3. The maximum Gasteiger partial charge on any atom is 0.311 e. The highest BCUT2D eigenvalue weighted by Gasteiger charge is 2.46. The number of rotatable bonds is 12. The molecule has 1 fully saturated rings. The number of hydrogen-bond donors (Lipinski definition) is 1. The van der Waals surface area contributed by atoms with Crippen molar-refractivity contribution in [3.63, 3.8) is 0 Å². The number of ether oxygens (including phenoxy) is 4. The van der Waals surface area contributed by atoms with Crippen LogP contribution in [-0.2, 0) is 56.0 Å². The molecule has 13 nitrogen and oxygen atoms in total. The molecule has 2 aromatic rings. The van der Waals surface area contributed by atoms with E-state index in [4.69, 9.17) is 14.2 Å². The minimum Gasteiger partial charge on any atom is -0.493 e. The van der Waals surface area contributed by atoms with E-state index in [1.54, 1.807) is 44.2 Å². The minimum atomic E-state index is -1.45. The Kier molecular flexibility index (Phi) is 12.8. The number of Topliss-reactive ketones (excluding diaryl/α,β-unsaturated/α-hetero) is 4. The molecule has 0 bridgehead atoms. The second-order valence-electron chi connectivity index (χ2n) is 11.1. The number of carbonyl (C=O) groups is 7. The lowest BCUT2D eigenvalue weighted by molar-refractivity contribution is -0.163. The fraction of sp³-hybridized carbons (Fsp3) is 0.455. The first kappa shape index (κ1) is 35.7. The summed E-state index contributed by atoms with van der Waals surface area (Å²) in [6.07, 6.45) is -1.17. The number of carbonyl (C=O) groups excluding carboxylic acids is 7. The number of aromatic nitrogens is 1. The number of nitrogens with one attached hydrogen (secondary N) is 1. The van der Waals surface area contributed by atoms with Gasteiger partial charge in [0.05, 0.1) is 50.9 Å². The molecule has 0 spiro atoms. The quantitative estimate of drug-likeness (QED) is 0.264. The number of benzene rings is 1. The van der Waals surface area contributed by atoms with Crippen molar-refractivity contribution < 1.29 is 52.5 Å². The van der Waals surface area contributed by atoms with Crippen LogP contribution in [0.4, 0.5) is 0 Å². The van der Waals surface area contributed by atoms with Crippen LogP contribution in [0.25, 0.3) is 0 Å². The average molecular weight is 639 g/mol. The molecule has 0 aliphatic heterocycles. The molecule has 1 aliphatic carbocycles. The van der Waals surface area contributed by atoms with Crippen LogP contribution in [0.5, 0.6) is 11.5 Å². The smallest absolute Gasteiger partial charge is 0.311 e. The molecule has 246 valence electrons. The van der Waals surface area contributed by atoms with Crippen LogP contribution in [0, 0.1) is 17.8 Å². The number of hydrogen-bond acceptors (Lipinski definition) is 13. The number of nitrogens with zero attached hydrogens (tertiary/aromatic N) is 1. The zero-order valence-corrected chi connectivity index (χ0v) is 26.4. The average Bonchev–Trinajstić information content (AvgIpc) is 3.07. The highest BCUT2D eigenvalue weighted by molar-refractivity contribution is 6.44. The zero-order chi connectivity index (χ0) is 34.0. The van der Waals surface area contributed by atoms with Crippen LogP contribution < -0.4 is 14.8 Å². The monoisotopic (exact) mass is 638 g/mol. The van der Waals surface area contributed by atoms with Crippen molar-refractivity contribution in [2.45, 2.75) is 65.1 Å². The van der Waals surface area contributed by atoms with E-state index in [9.17, 15) is 33.6 Å². The summed E-state index contributed by atoms with van der Waals surface area (Å²) < 4.78 is 20.9. The van der Waals surface area contributed by atoms with Gasteiger partial charge in [-0.05, 0) is 12.0 Å². The fourth-order valence-electron chi connectivity index (χ4n) is 4.88. The van der Waals surface area contributed by atoms with Gasteiger partial charge < -0.3 is 24.3 Å². The molecule has 13 heteroatoms. The summed E-state index contributed by atoms with van der Waals surface area (Å²) in [6.45, 7) is 4.29. The molecule has 0 unspecified atom stereocenters. The van der Waals surface area contributed by atoms with Gasteiger partial charge in [0.2, 0.25) is 23.1 Å². The summed E-state index contributed by atoms with van der Waals surface area (Å²) >= 11 is 0. The lowest BCUT2D eigenvalue weighted by Gasteiger charge is -2.29. The van der Waals surface area contributed by atoms with Crippen molar-refractivity contribution >= 4 is 41.0 Å². The van der Waals surface area contributed by atoms with Crippen molar-refractivity contribution in [1.29, 1.82) is 0 Å². The van der Waals surface area contributed by atoms with E-state index in [2.05, 4.69) is 15.0 Å². The van der Waals surface area contributed by atoms with Crippen LogP contribution in [0.1, 0.15) is 51.3 Å². The zero-order valence-electron chi connectivity index (χ0n) is 26.4. The molecule has 1 N–H and O–H groups in total. The van der Waals surface area contributed by atoms with Gasteiger partial charge in [0.15, 0.2) is 11.5 Å². The summed E-state index contributed by atoms with van der Waals surface area (Å²) in [6, 6.07) is 8.75. The van der Waals surface area contributed by atoms with E-state index >= 15 is 0 Å². The van der Waals surface area contributed by atoms with Gasteiger partial charge in [-0.3, -0.25) is 38.5 Å². The van der Waals surface area contributed by atoms with E-state index in [0.717, 1.165) is 0 Å². The van der Waals surface area contributed by atoms with Crippen molar-refractivity contribution in [1.82, 2.24) is 10.3 Å². The number of ketones is 4. The van der Waals surface area contributed by atoms with Gasteiger partial charge in [-0.1, -0.05) is 51.1 Å². The third kappa shape index (κ3) is 9.13. The molecule has 3 rings (SSSR count). The molecule has 1 aromatic carbocycles. The molecule has 0 saturated heterocycles. The number of methoxy groups -OCH3 is 2. The van der Waals surface area contributed by atoms with Crippen LogP contribution in [0.2, 0.25) is 0 Å². The Morgan fingerprint density at radius 2 is 1.61 bits per heavy atom. The normalized spacial score (nSPS) is 20.4. The second-order valence-corrected chi connectivity index (χ2v) is 11.1. The maximum atomic E-state index is 13.7. The Bertz CT molecular complexity index is 1470. The molecule has 1 heterocycles. The summed E-state index contributed by atoms with van der Waals surface area (Å²) in [5, 5.41) is 2.81. The van der Waals surface area contributed by atoms with E-state index < -0.39 is 77.4 Å². The van der Waals surface area contributed by atoms with E-state index in [-0.39, 0.29) is 43.0 Å². The SMILES string of the molecule is COC(=O)CCC(=O)Oc1c(OC)ccnc1CN[C@H]1CC(=O)C(=O)[C@H](Cc2ccccc2)[C@H](OC(=O)C(C)C)[C@H](C)C(=O)C1=O. The van der Waals surface area contributed by atoms with Crippen LogP contribution >= 0.6 is 0 Å². The molecule has 1 saturated carbocycles. The fourth-order valence-corrected chi connectivity index (χ4v) is 4.88. The van der Waals surface area contributed by atoms with Gasteiger partial charge in [-0.2, -0.15) is 0 Å². The van der Waals surface area contributed by atoms with Crippen LogP contribution in [-0.4, -0.2) is 72.4 Å². The molecular formula is C33H38N2O11. The van der Waals surface area contributed by atoms with Crippen LogP contribution in [0.3, 0.4) is 0 Å². The Hall–Kier alpha value is -4.78. The molecule has 0 radical (unpaired) electrons. The molecule has 4 atom stereocenters. The van der Waals surface area contributed by atoms with Crippen LogP contribution in [0.15, 0.2) is 42.6 Å². The molecular weight excluding hydrogens is 600 g/mol. The lowest BCUT2D eigenvalue weighted by atomic mass is 9.81. The molecule has 1 aliphatic rings. The third-order valence-corrected chi connectivity index (χ3v) is 7.54. The topological polar surface area (TPSA) is 181 Å². The summed E-state index contributed by atoms with van der Waals surface area (Å²) in [7, 11) is 2.52. The van der Waals surface area contributed by atoms with E-state index in [1.807, 2.05) is 0 Å². The lowest BCUT2D eigenvalue weighted by Crippen LogP contribution is -2.46. The molecule has 0 amide bonds. The standard InChI is InChI=1S/C33H38N2O11/c1-18(2)33(42)46-31-19(3)28(39)30(41)22(16-24(36)29(40)21(31)15-20-9-7-6-8-10-20)35-17-23-32(25(43-4)13-14-34-23)45-27(38)12-11-26(37)44-5/h6-10,13-14,18-19,21-22,31,35H,11-12,15-17H2,1-5H3/t19-,21+,22+,31-/m1/s1. The van der Waals surface area contributed by atoms with Crippen molar-refractivity contribution in [3.8, 4) is 11.5 Å². The Balaban J connectivity index is 1.91. The van der Waals surface area contributed by atoms with Gasteiger partial charge in [0.1, 0.15) is 11.8 Å². The van der Waals surface area contributed by atoms with Crippen molar-refractivity contribution in [2.75, 3.05) is 14.2 Å². The molecule has 46 heavy (non-hydrogen) atoms. The maximum absolute atomic E-state index is 13.7. The summed E-state index contributed by atoms with van der Waals surface area (Å²) in [5.74, 6) is -8.81. The number of pyridine rings is 1. The third-order valence-electron chi connectivity index (χ3n) is 7.54. The highest BCUT2D eigenvalue weighted by atomic mass is 16.6. The van der Waals surface area contributed by atoms with Crippen molar-refractivity contribution in [2.24, 2.45) is 17.8 Å². The van der Waals surface area contributed by atoms with Gasteiger partial charge in [0.25, 0.3) is 0 Å². The van der Waals surface area contributed by atoms with E-state index in [1.165, 1.54) is 33.4 Å². The largest absolute Gasteiger partial charge is 0.493 e. The molecule has 1 aromatic heterocycles. The Labute approximate surface area is 266 Å². The van der Waals surface area contributed by atoms with Crippen molar-refractivity contribution in [3.05, 3.63) is 53.9 Å². The first-order valence-corrected chi connectivity index (χ1v) is 14.8. The predicted molar refractivity (Wildman–Crippen MR) is 160 cm³/mol. The van der Waals surface area contributed by atoms with Gasteiger partial charge >= 0.3 is 17.9 Å². The minimum absolute atomic E-state index is 0.00377. The van der Waals surface area contributed by atoms with E-state index in [0.29, 0.717) is 5.56 Å².